The lowest BCUT2D eigenvalue weighted by atomic mass is 9.76. The van der Waals surface area contributed by atoms with Crippen molar-refractivity contribution >= 4 is 17.4 Å². The second-order valence-corrected chi connectivity index (χ2v) is 6.43. The number of hydrogen-bond donors (Lipinski definition) is 1. The van der Waals surface area contributed by atoms with Crippen LogP contribution in [0.5, 0.6) is 5.75 Å². The molecule has 0 amide bonds. The minimum absolute atomic E-state index is 0.0403. The van der Waals surface area contributed by atoms with Crippen molar-refractivity contribution in [1.29, 1.82) is 5.26 Å². The third-order valence-corrected chi connectivity index (χ3v) is 4.77. The van der Waals surface area contributed by atoms with E-state index in [2.05, 4.69) is 14.8 Å². The van der Waals surface area contributed by atoms with Crippen molar-refractivity contribution in [3.63, 3.8) is 0 Å². The first kappa shape index (κ1) is 19.8. The third kappa shape index (κ3) is 3.74. The highest BCUT2D eigenvalue weighted by molar-refractivity contribution is 6.05. The van der Waals surface area contributed by atoms with E-state index in [1.165, 1.54) is 13.3 Å². The molecule has 29 heavy (non-hydrogen) atoms. The van der Waals surface area contributed by atoms with Gasteiger partial charge in [0.25, 0.3) is 5.56 Å². The van der Waals surface area contributed by atoms with E-state index in [9.17, 15) is 14.9 Å². The Morgan fingerprint density at radius 3 is 2.90 bits per heavy atom. The molecule has 1 aliphatic heterocycles. The highest BCUT2D eigenvalue weighted by atomic mass is 16.5. The molecule has 2 unspecified atom stereocenters. The molecule has 0 saturated carbocycles. The molecule has 0 aliphatic carbocycles. The quantitative estimate of drug-likeness (QED) is 0.479. The van der Waals surface area contributed by atoms with Gasteiger partial charge in [-0.1, -0.05) is 6.07 Å². The molecule has 8 heteroatoms. The minimum Gasteiger partial charge on any atom is -0.496 e. The molecule has 1 aromatic carbocycles. The first-order valence-electron chi connectivity index (χ1n) is 8.86. The Hall–Kier alpha value is -3.91. The van der Waals surface area contributed by atoms with Crippen molar-refractivity contribution < 1.29 is 14.3 Å². The van der Waals surface area contributed by atoms with Crippen LogP contribution < -0.4 is 10.3 Å². The summed E-state index contributed by atoms with van der Waals surface area (Å²) in [6.45, 7) is 8.56. The van der Waals surface area contributed by atoms with Crippen LogP contribution in [0.15, 0.2) is 40.2 Å². The number of aliphatic imine (C=N–C) groups is 1. The van der Waals surface area contributed by atoms with Gasteiger partial charge in [0.2, 0.25) is 6.54 Å². The van der Waals surface area contributed by atoms with Gasteiger partial charge >= 0.3 is 5.97 Å². The number of aromatic nitrogens is 1. The lowest BCUT2D eigenvalue weighted by molar-refractivity contribution is -0.146. The van der Waals surface area contributed by atoms with E-state index in [0.717, 1.165) is 0 Å². The number of hydrogen-bond acceptors (Lipinski definition) is 6. The van der Waals surface area contributed by atoms with Gasteiger partial charge in [-0.05, 0) is 25.1 Å². The van der Waals surface area contributed by atoms with E-state index >= 15 is 0 Å². The first-order chi connectivity index (χ1) is 14.0. The maximum Gasteiger partial charge on any atom is 0.315 e. The monoisotopic (exact) mass is 390 g/mol. The molecule has 3 rings (SSSR count). The Labute approximate surface area is 167 Å². The highest BCUT2D eigenvalue weighted by Crippen LogP contribution is 2.44. The van der Waals surface area contributed by atoms with Crippen molar-refractivity contribution in [2.24, 2.45) is 10.9 Å². The van der Waals surface area contributed by atoms with Crippen molar-refractivity contribution in [1.82, 2.24) is 4.98 Å². The number of carbonyl (C=O) groups excluding carboxylic acids is 1. The van der Waals surface area contributed by atoms with Gasteiger partial charge in [0.1, 0.15) is 11.7 Å². The number of nitrogens with one attached hydrogen (secondary N) is 1. The number of aromatic amines is 1. The normalized spacial score (nSPS) is 17.3. The van der Waals surface area contributed by atoms with Crippen LogP contribution in [0.4, 0.5) is 5.69 Å². The molecule has 2 atom stereocenters. The summed E-state index contributed by atoms with van der Waals surface area (Å²) in [5.41, 5.74) is 1.89. The van der Waals surface area contributed by atoms with Crippen molar-refractivity contribution in [2.45, 2.75) is 12.8 Å². The number of nitriles is 1. The molecule has 0 bridgehead atoms. The predicted octanol–water partition coefficient (Wildman–Crippen LogP) is 2.57. The standard InChI is InChI=1S/C21H18N4O4/c1-12-17(21(27)29-9-8-23-2)18(19-15(25-12)6-7-24-20(19)26)14-5-4-13(11-22)10-16(14)28-3/h4-7,10,17-18H,8-9H2,1,3H3,(H,24,26). The van der Waals surface area contributed by atoms with Gasteiger partial charge in [0.15, 0.2) is 6.61 Å². The fraction of sp³-hybridized carbons (Fsp3) is 0.286. The van der Waals surface area contributed by atoms with Gasteiger partial charge in [0.05, 0.1) is 30.0 Å². The minimum atomic E-state index is -0.862. The Balaban J connectivity index is 2.20. The van der Waals surface area contributed by atoms with E-state index in [4.69, 9.17) is 16.0 Å². The summed E-state index contributed by atoms with van der Waals surface area (Å²) < 4.78 is 10.7. The summed E-state index contributed by atoms with van der Waals surface area (Å²) in [6.07, 6.45) is 1.50. The maximum atomic E-state index is 12.9. The average molecular weight is 390 g/mol. The average Bonchev–Trinajstić information content (AvgIpc) is 2.72. The molecule has 0 spiro atoms. The SMILES string of the molecule is [C-]#[N+]CCOC(=O)C1C(C)=Nc2cc[nH]c(=O)c2C1c1ccc(C#N)cc1OC. The largest absolute Gasteiger partial charge is 0.496 e. The summed E-state index contributed by atoms with van der Waals surface area (Å²) in [5, 5.41) is 9.19. The zero-order valence-electron chi connectivity index (χ0n) is 15.9. The lowest BCUT2D eigenvalue weighted by Crippen LogP contribution is -2.36. The second-order valence-electron chi connectivity index (χ2n) is 6.43. The van der Waals surface area contributed by atoms with Crippen molar-refractivity contribution in [3.8, 4) is 11.8 Å². The van der Waals surface area contributed by atoms with E-state index in [-0.39, 0.29) is 18.7 Å². The van der Waals surface area contributed by atoms with E-state index in [0.29, 0.717) is 33.8 Å². The Kier molecular flexibility index (Phi) is 5.75. The van der Waals surface area contributed by atoms with Crippen molar-refractivity contribution in [2.75, 3.05) is 20.3 Å². The van der Waals surface area contributed by atoms with Crippen molar-refractivity contribution in [3.05, 3.63) is 68.9 Å². The number of methoxy groups -OCH3 is 1. The maximum absolute atomic E-state index is 12.9. The molecule has 0 radical (unpaired) electrons. The summed E-state index contributed by atoms with van der Waals surface area (Å²) in [7, 11) is 1.46. The summed E-state index contributed by atoms with van der Waals surface area (Å²) in [5.74, 6) is -1.76. The topological polar surface area (TPSA) is 109 Å². The Bertz CT molecular complexity index is 1120. The van der Waals surface area contributed by atoms with Crippen LogP contribution in [0.2, 0.25) is 0 Å². The van der Waals surface area contributed by atoms with Gasteiger partial charge in [0, 0.05) is 23.4 Å². The van der Waals surface area contributed by atoms with Crippen LogP contribution in [0, 0.1) is 23.8 Å². The van der Waals surface area contributed by atoms with Gasteiger partial charge in [-0.2, -0.15) is 5.26 Å². The molecule has 1 aliphatic rings. The van der Waals surface area contributed by atoms with Crippen LogP contribution in [0.3, 0.4) is 0 Å². The number of carbonyl (C=O) groups is 1. The fourth-order valence-electron chi connectivity index (χ4n) is 3.51. The van der Waals surface area contributed by atoms with E-state index in [1.807, 2.05) is 6.07 Å². The molecule has 2 aromatic rings. The summed E-state index contributed by atoms with van der Waals surface area (Å²) >= 11 is 0. The molecule has 1 aromatic heterocycles. The Morgan fingerprint density at radius 1 is 1.41 bits per heavy atom. The zero-order chi connectivity index (χ0) is 21.0. The van der Waals surface area contributed by atoms with Crippen LogP contribution in [0.1, 0.15) is 29.5 Å². The number of ether oxygens (including phenoxy) is 2. The van der Waals surface area contributed by atoms with Gasteiger partial charge in [-0.25, -0.2) is 6.57 Å². The van der Waals surface area contributed by atoms with Crippen LogP contribution >= 0.6 is 0 Å². The number of fused-ring (bicyclic) bond motifs is 1. The number of benzene rings is 1. The third-order valence-electron chi connectivity index (χ3n) is 4.77. The summed E-state index contributed by atoms with van der Waals surface area (Å²) in [4.78, 5) is 35.9. The molecular formula is C21H18N4O4. The smallest absolute Gasteiger partial charge is 0.315 e. The molecule has 0 saturated heterocycles. The fourth-order valence-corrected chi connectivity index (χ4v) is 3.51. The second kappa shape index (κ2) is 8.41. The molecule has 0 fully saturated rings. The van der Waals surface area contributed by atoms with Gasteiger partial charge < -0.3 is 19.3 Å². The zero-order valence-corrected chi connectivity index (χ0v) is 15.9. The molecule has 146 valence electrons. The van der Waals surface area contributed by atoms with Crippen LogP contribution in [0.25, 0.3) is 4.85 Å². The number of nitrogens with zero attached hydrogens (tertiary/aromatic N) is 3. The molecule has 2 heterocycles. The molecule has 8 nitrogen and oxygen atoms in total. The summed E-state index contributed by atoms with van der Waals surface area (Å²) in [6, 6.07) is 8.57. The number of pyridine rings is 1. The predicted molar refractivity (Wildman–Crippen MR) is 105 cm³/mol. The highest BCUT2D eigenvalue weighted by Gasteiger charge is 2.41. The number of esters is 1. The van der Waals surface area contributed by atoms with Crippen LogP contribution in [-0.4, -0.2) is 36.9 Å². The molecule has 1 N–H and O–H groups in total. The van der Waals surface area contributed by atoms with E-state index < -0.39 is 17.8 Å². The van der Waals surface area contributed by atoms with E-state index in [1.54, 1.807) is 31.2 Å². The number of rotatable bonds is 5. The Morgan fingerprint density at radius 2 is 2.21 bits per heavy atom. The lowest BCUT2D eigenvalue weighted by Gasteiger charge is -2.31. The first-order valence-corrected chi connectivity index (χ1v) is 8.86. The molecular weight excluding hydrogens is 372 g/mol. The van der Waals surface area contributed by atoms with Crippen LogP contribution in [-0.2, 0) is 9.53 Å². The van der Waals surface area contributed by atoms with Gasteiger partial charge in [-0.3, -0.25) is 14.6 Å². The number of H-pyrrole nitrogens is 1. The van der Waals surface area contributed by atoms with Gasteiger partial charge in [-0.15, -0.1) is 0 Å².